The van der Waals surface area contributed by atoms with Gasteiger partial charge in [0.15, 0.2) is 0 Å². The minimum Gasteiger partial charge on any atom is -0.359 e. The molecule has 2 N–H and O–H groups in total. The van der Waals surface area contributed by atoms with Gasteiger partial charge in [0.2, 0.25) is 17.7 Å². The minimum atomic E-state index is -1.16. The van der Waals surface area contributed by atoms with Crippen molar-refractivity contribution in [3.8, 4) is 0 Å². The van der Waals surface area contributed by atoms with Gasteiger partial charge in [0, 0.05) is 28.3 Å². The fraction of sp³-hybridized carbons (Fsp3) is 0.607. The highest BCUT2D eigenvalue weighted by atomic mass is 35.5. The molecular formula is C28H35Cl2N3O4. The van der Waals surface area contributed by atoms with Crippen molar-refractivity contribution < 1.29 is 19.1 Å². The third-order valence-corrected chi connectivity index (χ3v) is 9.28. The summed E-state index contributed by atoms with van der Waals surface area (Å²) in [5.41, 5.74) is -0.705. The maximum Gasteiger partial charge on any atom is 0.246 e. The van der Waals surface area contributed by atoms with Gasteiger partial charge in [0.05, 0.1) is 17.9 Å². The summed E-state index contributed by atoms with van der Waals surface area (Å²) in [6.07, 6.45) is 7.90. The quantitative estimate of drug-likeness (QED) is 0.479. The standard InChI is InChI=1S/C28H35Cl2N3O4/c1-4-5-11-33-24(26(35)32-20-8-6-7-15(2)16(20)3)28-10-9-21(37-28)22(23(28)27(33)36)25(34)31-19-13-17(29)12-18(30)14-19/h9-10,12-16,20-24H,4-8,11H2,1-3H3,(H,31,34)(H,32,35)/t15?,16?,20?,21-,22?,23-,24?,28?/m1/s1. The van der Waals surface area contributed by atoms with E-state index in [9.17, 15) is 14.4 Å². The molecule has 8 atom stereocenters. The molecule has 1 aromatic carbocycles. The lowest BCUT2D eigenvalue weighted by Crippen LogP contribution is -2.58. The van der Waals surface area contributed by atoms with Crippen LogP contribution in [0.1, 0.15) is 52.9 Å². The Balaban J connectivity index is 1.43. The molecule has 37 heavy (non-hydrogen) atoms. The van der Waals surface area contributed by atoms with E-state index in [-0.39, 0.29) is 23.8 Å². The van der Waals surface area contributed by atoms with Crippen LogP contribution in [0, 0.1) is 23.7 Å². The van der Waals surface area contributed by atoms with Crippen LogP contribution in [0.25, 0.3) is 0 Å². The molecule has 3 aliphatic heterocycles. The topological polar surface area (TPSA) is 87.7 Å². The molecule has 9 heteroatoms. The van der Waals surface area contributed by atoms with E-state index in [4.69, 9.17) is 27.9 Å². The van der Waals surface area contributed by atoms with Crippen LogP contribution >= 0.6 is 23.2 Å². The van der Waals surface area contributed by atoms with Gasteiger partial charge in [0.25, 0.3) is 0 Å². The number of likely N-dealkylation sites (tertiary alicyclic amines) is 1. The summed E-state index contributed by atoms with van der Waals surface area (Å²) in [5.74, 6) is -1.39. The second-order valence-corrected chi connectivity index (χ2v) is 12.0. The summed E-state index contributed by atoms with van der Waals surface area (Å²) in [7, 11) is 0. The number of hydrogen-bond acceptors (Lipinski definition) is 4. The van der Waals surface area contributed by atoms with Crippen LogP contribution in [0.5, 0.6) is 0 Å². The predicted octanol–water partition coefficient (Wildman–Crippen LogP) is 4.82. The van der Waals surface area contributed by atoms with E-state index in [0.717, 1.165) is 32.1 Å². The summed E-state index contributed by atoms with van der Waals surface area (Å²) in [6, 6.07) is 4.06. The number of hydrogen-bond donors (Lipinski definition) is 2. The normalized spacial score (nSPS) is 36.1. The molecule has 200 valence electrons. The van der Waals surface area contributed by atoms with E-state index in [1.54, 1.807) is 23.1 Å². The summed E-state index contributed by atoms with van der Waals surface area (Å²) >= 11 is 12.2. The van der Waals surface area contributed by atoms with Crippen LogP contribution in [0.3, 0.4) is 0 Å². The molecule has 1 saturated carbocycles. The smallest absolute Gasteiger partial charge is 0.246 e. The van der Waals surface area contributed by atoms with Crippen molar-refractivity contribution in [2.24, 2.45) is 23.7 Å². The van der Waals surface area contributed by atoms with E-state index in [0.29, 0.717) is 34.1 Å². The highest BCUT2D eigenvalue weighted by Crippen LogP contribution is 2.55. The van der Waals surface area contributed by atoms with Crippen molar-refractivity contribution in [3.05, 3.63) is 40.4 Å². The number of unbranched alkanes of at least 4 members (excludes halogenated alkanes) is 1. The SMILES string of the molecule is CCCCN1C(=O)[C@H]2C(C(=O)Nc3cc(Cl)cc(Cl)c3)[C@H]3C=CC2(O3)C1C(=O)NC1CCCC(C)C1C. The maximum atomic E-state index is 13.9. The first-order valence-corrected chi connectivity index (χ1v) is 14.2. The van der Waals surface area contributed by atoms with Crippen LogP contribution in [-0.4, -0.2) is 53.0 Å². The molecule has 5 rings (SSSR count). The summed E-state index contributed by atoms with van der Waals surface area (Å²) in [5, 5.41) is 6.94. The summed E-state index contributed by atoms with van der Waals surface area (Å²) in [6.45, 7) is 6.91. The zero-order valence-electron chi connectivity index (χ0n) is 21.5. The fourth-order valence-electron chi connectivity index (χ4n) is 6.74. The molecule has 3 heterocycles. The van der Waals surface area contributed by atoms with Gasteiger partial charge in [-0.1, -0.05) is 75.4 Å². The first kappa shape index (κ1) is 26.5. The Morgan fingerprint density at radius 1 is 1.14 bits per heavy atom. The molecule has 1 aromatic rings. The number of nitrogens with one attached hydrogen (secondary N) is 2. The average Bonchev–Trinajstić information content (AvgIpc) is 3.47. The number of carbonyl (C=O) groups is 3. The third-order valence-electron chi connectivity index (χ3n) is 8.84. The molecule has 7 nitrogen and oxygen atoms in total. The Bertz CT molecular complexity index is 1110. The summed E-state index contributed by atoms with van der Waals surface area (Å²) in [4.78, 5) is 43.0. The number of anilines is 1. The van der Waals surface area contributed by atoms with Gasteiger partial charge in [-0.3, -0.25) is 14.4 Å². The number of ether oxygens (including phenoxy) is 1. The van der Waals surface area contributed by atoms with Gasteiger partial charge >= 0.3 is 0 Å². The molecule has 0 radical (unpaired) electrons. The van der Waals surface area contributed by atoms with Crippen LogP contribution < -0.4 is 10.6 Å². The van der Waals surface area contributed by atoms with E-state index in [1.165, 1.54) is 0 Å². The van der Waals surface area contributed by atoms with Crippen molar-refractivity contribution >= 4 is 46.6 Å². The van der Waals surface area contributed by atoms with Gasteiger partial charge in [-0.25, -0.2) is 0 Å². The number of amides is 3. The molecule has 2 bridgehead atoms. The molecule has 1 aliphatic carbocycles. The van der Waals surface area contributed by atoms with E-state index in [2.05, 4.69) is 24.5 Å². The first-order chi connectivity index (χ1) is 17.7. The number of rotatable bonds is 7. The molecule has 3 amide bonds. The lowest BCUT2D eigenvalue weighted by molar-refractivity contribution is -0.141. The average molecular weight is 549 g/mol. The number of nitrogens with zero attached hydrogens (tertiary/aromatic N) is 1. The monoisotopic (exact) mass is 547 g/mol. The number of fused-ring (bicyclic) bond motifs is 1. The van der Waals surface area contributed by atoms with Crippen LogP contribution in [0.15, 0.2) is 30.4 Å². The van der Waals surface area contributed by atoms with Crippen molar-refractivity contribution in [3.63, 3.8) is 0 Å². The predicted molar refractivity (Wildman–Crippen MR) is 143 cm³/mol. The van der Waals surface area contributed by atoms with E-state index in [1.807, 2.05) is 19.1 Å². The van der Waals surface area contributed by atoms with Gasteiger partial charge in [0.1, 0.15) is 11.6 Å². The largest absolute Gasteiger partial charge is 0.359 e. The Kier molecular flexibility index (Phi) is 7.33. The number of carbonyl (C=O) groups excluding carboxylic acids is 3. The molecule has 1 spiro atoms. The lowest BCUT2D eigenvalue weighted by atomic mass is 9.73. The molecule has 3 fully saturated rings. The van der Waals surface area contributed by atoms with Crippen LogP contribution in [0.2, 0.25) is 10.0 Å². The highest BCUT2D eigenvalue weighted by Gasteiger charge is 2.72. The zero-order valence-corrected chi connectivity index (χ0v) is 23.0. The molecule has 0 aromatic heterocycles. The number of halogens is 2. The van der Waals surface area contributed by atoms with Crippen LogP contribution in [-0.2, 0) is 19.1 Å². The lowest BCUT2D eigenvalue weighted by Gasteiger charge is -2.38. The van der Waals surface area contributed by atoms with Crippen molar-refractivity contribution in [2.75, 3.05) is 11.9 Å². The molecule has 2 saturated heterocycles. The number of benzene rings is 1. The summed E-state index contributed by atoms with van der Waals surface area (Å²) < 4.78 is 6.41. The maximum absolute atomic E-state index is 13.9. The zero-order chi connectivity index (χ0) is 26.5. The highest BCUT2D eigenvalue weighted by molar-refractivity contribution is 6.35. The molecular weight excluding hydrogens is 513 g/mol. The molecule has 6 unspecified atom stereocenters. The van der Waals surface area contributed by atoms with E-state index < -0.39 is 29.6 Å². The fourth-order valence-corrected chi connectivity index (χ4v) is 7.26. The Hall–Kier alpha value is -2.09. The van der Waals surface area contributed by atoms with Crippen molar-refractivity contribution in [2.45, 2.75) is 76.7 Å². The first-order valence-electron chi connectivity index (χ1n) is 13.4. The van der Waals surface area contributed by atoms with Gasteiger partial charge < -0.3 is 20.3 Å². The Labute approximate surface area is 228 Å². The second-order valence-electron chi connectivity index (χ2n) is 11.1. The van der Waals surface area contributed by atoms with Crippen molar-refractivity contribution in [1.82, 2.24) is 10.2 Å². The van der Waals surface area contributed by atoms with Gasteiger partial charge in [-0.05, 0) is 42.9 Å². The Morgan fingerprint density at radius 2 is 1.86 bits per heavy atom. The minimum absolute atomic E-state index is 0.0593. The van der Waals surface area contributed by atoms with Gasteiger partial charge in [-0.15, -0.1) is 0 Å². The molecule has 4 aliphatic rings. The third kappa shape index (κ3) is 4.57. The van der Waals surface area contributed by atoms with E-state index >= 15 is 0 Å². The van der Waals surface area contributed by atoms with Crippen molar-refractivity contribution in [1.29, 1.82) is 0 Å². The van der Waals surface area contributed by atoms with Crippen LogP contribution in [0.4, 0.5) is 5.69 Å². The van der Waals surface area contributed by atoms with Gasteiger partial charge in [-0.2, -0.15) is 0 Å². The second kappa shape index (κ2) is 10.2. The Morgan fingerprint density at radius 3 is 2.57 bits per heavy atom.